The molecule has 0 spiro atoms. The summed E-state index contributed by atoms with van der Waals surface area (Å²) in [6, 6.07) is 7.77. The fourth-order valence-electron chi connectivity index (χ4n) is 2.93. The Bertz CT molecular complexity index is 1050. The number of rotatable bonds is 2. The van der Waals surface area contributed by atoms with E-state index in [0.29, 0.717) is 16.6 Å². The minimum Gasteiger partial charge on any atom is -0.505 e. The van der Waals surface area contributed by atoms with Gasteiger partial charge in [-0.25, -0.2) is 4.39 Å². The van der Waals surface area contributed by atoms with E-state index in [0.717, 1.165) is 10.5 Å². The first kappa shape index (κ1) is 18.1. The largest absolute Gasteiger partial charge is 0.505 e. The highest BCUT2D eigenvalue weighted by atomic mass is 79.9. The number of phenolic OH excluding ortho intramolecular Hbond substituents is 1. The number of carbonyl (C=O) groups excluding carboxylic acids is 2. The quantitative estimate of drug-likeness (QED) is 0.621. The van der Waals surface area contributed by atoms with Gasteiger partial charge in [0.25, 0.3) is 5.91 Å². The van der Waals surface area contributed by atoms with Gasteiger partial charge in [0.05, 0.1) is 16.6 Å². The van der Waals surface area contributed by atoms with Crippen molar-refractivity contribution >= 4 is 38.7 Å². The van der Waals surface area contributed by atoms with Gasteiger partial charge in [-0.2, -0.15) is 0 Å². The summed E-state index contributed by atoms with van der Waals surface area (Å²) >= 11 is 3.31. The number of fused-ring (bicyclic) bond motifs is 1. The highest BCUT2D eigenvalue weighted by Gasteiger charge is 2.26. The molecule has 0 radical (unpaired) electrons. The summed E-state index contributed by atoms with van der Waals surface area (Å²) in [6.07, 6.45) is 0. The lowest BCUT2D eigenvalue weighted by atomic mass is 10.1. The zero-order valence-electron chi connectivity index (χ0n) is 14.3. The summed E-state index contributed by atoms with van der Waals surface area (Å²) in [5.74, 6) is -2.24. The van der Waals surface area contributed by atoms with E-state index in [1.165, 1.54) is 18.4 Å². The molecule has 0 bridgehead atoms. The highest BCUT2D eigenvalue weighted by Crippen LogP contribution is 2.40. The Morgan fingerprint density at radius 2 is 1.81 bits per heavy atom. The lowest BCUT2D eigenvalue weighted by molar-refractivity contribution is -0.131. The number of benzene rings is 2. The van der Waals surface area contributed by atoms with Crippen LogP contribution in [0.5, 0.6) is 11.5 Å². The number of ether oxygens (including phenoxy) is 1. The van der Waals surface area contributed by atoms with Gasteiger partial charge in [0, 0.05) is 28.6 Å². The molecule has 7 heteroatoms. The molecule has 0 aliphatic heterocycles. The van der Waals surface area contributed by atoms with Gasteiger partial charge in [-0.1, -0.05) is 15.9 Å². The fourth-order valence-corrected chi connectivity index (χ4v) is 3.19. The number of aryl methyl sites for hydroxylation is 1. The van der Waals surface area contributed by atoms with Crippen molar-refractivity contribution in [1.29, 1.82) is 0 Å². The van der Waals surface area contributed by atoms with Crippen molar-refractivity contribution in [1.82, 2.24) is 4.57 Å². The number of phenols is 1. The molecule has 134 valence electrons. The van der Waals surface area contributed by atoms with Gasteiger partial charge in [-0.05, 0) is 38.1 Å². The van der Waals surface area contributed by atoms with Crippen molar-refractivity contribution in [2.45, 2.75) is 20.8 Å². The average molecular weight is 420 g/mol. The third-order valence-electron chi connectivity index (χ3n) is 4.15. The first-order valence-electron chi connectivity index (χ1n) is 7.74. The molecule has 0 aliphatic carbocycles. The Labute approximate surface area is 157 Å². The zero-order chi connectivity index (χ0) is 19.2. The molecule has 3 aromatic rings. The van der Waals surface area contributed by atoms with Crippen LogP contribution < -0.4 is 4.74 Å². The van der Waals surface area contributed by atoms with Crippen LogP contribution in [-0.4, -0.2) is 21.6 Å². The zero-order valence-corrected chi connectivity index (χ0v) is 15.8. The smallest absolute Gasteiger partial charge is 0.308 e. The molecule has 0 amide bonds. The summed E-state index contributed by atoms with van der Waals surface area (Å²) in [4.78, 5) is 24.5. The van der Waals surface area contributed by atoms with Crippen molar-refractivity contribution in [3.8, 4) is 11.5 Å². The number of halogens is 2. The molecular formula is C19H15BrFNO4. The molecular weight excluding hydrogens is 405 g/mol. The van der Waals surface area contributed by atoms with Gasteiger partial charge in [-0.3, -0.25) is 14.2 Å². The third-order valence-corrected chi connectivity index (χ3v) is 4.68. The van der Waals surface area contributed by atoms with Crippen LogP contribution in [0.1, 0.15) is 28.5 Å². The molecule has 1 N–H and O–H groups in total. The van der Waals surface area contributed by atoms with E-state index >= 15 is 0 Å². The Balaban J connectivity index is 2.34. The molecule has 0 saturated carbocycles. The van der Waals surface area contributed by atoms with Gasteiger partial charge in [0.15, 0.2) is 17.3 Å². The van der Waals surface area contributed by atoms with Crippen molar-refractivity contribution in [2.24, 2.45) is 0 Å². The molecule has 1 aromatic heterocycles. The molecule has 0 aliphatic rings. The third kappa shape index (κ3) is 2.88. The number of nitrogens with zero attached hydrogens (tertiary/aromatic N) is 1. The normalized spacial score (nSPS) is 11.0. The van der Waals surface area contributed by atoms with Crippen LogP contribution in [0.3, 0.4) is 0 Å². The Kier molecular flexibility index (Phi) is 4.58. The predicted octanol–water partition coefficient (Wildman–Crippen LogP) is 4.48. The van der Waals surface area contributed by atoms with Crippen LogP contribution in [0.2, 0.25) is 0 Å². The molecule has 26 heavy (non-hydrogen) atoms. The maximum atomic E-state index is 14.1. The van der Waals surface area contributed by atoms with Crippen LogP contribution in [0.4, 0.5) is 4.39 Å². The highest BCUT2D eigenvalue weighted by molar-refractivity contribution is 9.10. The van der Waals surface area contributed by atoms with Crippen molar-refractivity contribution < 1.29 is 23.8 Å². The van der Waals surface area contributed by atoms with Crippen LogP contribution in [0.15, 0.2) is 34.8 Å². The van der Waals surface area contributed by atoms with E-state index in [-0.39, 0.29) is 16.8 Å². The molecule has 3 rings (SSSR count). The molecule has 0 saturated heterocycles. The summed E-state index contributed by atoms with van der Waals surface area (Å²) in [7, 11) is 0. The SMILES string of the molecule is CC(=O)Oc1c(C)n(C(=O)c2ccc(Br)cc2)c2cc(F)c(O)c(C)c12. The van der Waals surface area contributed by atoms with Crippen LogP contribution in [0.25, 0.3) is 10.9 Å². The number of aromatic hydroxyl groups is 1. The van der Waals surface area contributed by atoms with Crippen molar-refractivity contribution in [3.05, 3.63) is 57.4 Å². The van der Waals surface area contributed by atoms with Crippen LogP contribution >= 0.6 is 15.9 Å². The lowest BCUT2D eigenvalue weighted by Gasteiger charge is -2.08. The van der Waals surface area contributed by atoms with Crippen molar-refractivity contribution in [2.75, 3.05) is 0 Å². The summed E-state index contributed by atoms with van der Waals surface area (Å²) in [6.45, 7) is 4.34. The number of aromatic nitrogens is 1. The summed E-state index contributed by atoms with van der Waals surface area (Å²) in [5, 5.41) is 10.3. The average Bonchev–Trinajstić information content (AvgIpc) is 2.84. The van der Waals surface area contributed by atoms with Gasteiger partial charge in [0.1, 0.15) is 0 Å². The molecule has 5 nitrogen and oxygen atoms in total. The minimum absolute atomic E-state index is 0.130. The second kappa shape index (κ2) is 6.57. The van der Waals surface area contributed by atoms with E-state index in [4.69, 9.17) is 4.74 Å². The van der Waals surface area contributed by atoms with E-state index < -0.39 is 23.4 Å². The van der Waals surface area contributed by atoms with E-state index in [9.17, 15) is 19.1 Å². The maximum Gasteiger partial charge on any atom is 0.308 e. The number of esters is 1. The molecule has 1 heterocycles. The summed E-state index contributed by atoms with van der Waals surface area (Å²) < 4.78 is 21.5. The molecule has 0 fully saturated rings. The van der Waals surface area contributed by atoms with Gasteiger partial charge >= 0.3 is 5.97 Å². The first-order valence-corrected chi connectivity index (χ1v) is 8.53. The Morgan fingerprint density at radius 1 is 1.19 bits per heavy atom. The topological polar surface area (TPSA) is 68.5 Å². The summed E-state index contributed by atoms with van der Waals surface area (Å²) in [5.41, 5.74) is 1.14. The predicted molar refractivity (Wildman–Crippen MR) is 98.2 cm³/mol. The number of hydrogen-bond donors (Lipinski definition) is 1. The molecule has 2 aromatic carbocycles. The fraction of sp³-hybridized carbons (Fsp3) is 0.158. The second-order valence-electron chi connectivity index (χ2n) is 5.88. The monoisotopic (exact) mass is 419 g/mol. The minimum atomic E-state index is -0.855. The number of carbonyl (C=O) groups is 2. The van der Waals surface area contributed by atoms with Crippen molar-refractivity contribution in [3.63, 3.8) is 0 Å². The first-order chi connectivity index (χ1) is 12.2. The Morgan fingerprint density at radius 3 is 2.38 bits per heavy atom. The van der Waals surface area contributed by atoms with Gasteiger partial charge in [0.2, 0.25) is 0 Å². The lowest BCUT2D eigenvalue weighted by Crippen LogP contribution is -2.14. The van der Waals surface area contributed by atoms with E-state index in [1.807, 2.05) is 0 Å². The van der Waals surface area contributed by atoms with Gasteiger partial charge < -0.3 is 9.84 Å². The molecule has 0 atom stereocenters. The standard InChI is InChI=1S/C19H15BrFNO4/c1-9-16-15(8-14(21)17(9)24)22(10(2)18(16)26-11(3)23)19(25)12-4-6-13(20)7-5-12/h4-8,24H,1-3H3. The van der Waals surface area contributed by atoms with Gasteiger partial charge in [-0.15, -0.1) is 0 Å². The maximum absolute atomic E-state index is 14.1. The molecule has 0 unspecified atom stereocenters. The van der Waals surface area contributed by atoms with Crippen LogP contribution in [0, 0.1) is 19.7 Å². The Hall–Kier alpha value is -2.67. The van der Waals surface area contributed by atoms with E-state index in [1.54, 1.807) is 31.2 Å². The number of hydrogen-bond acceptors (Lipinski definition) is 4. The van der Waals surface area contributed by atoms with Crippen LogP contribution in [-0.2, 0) is 4.79 Å². The second-order valence-corrected chi connectivity index (χ2v) is 6.80. The van der Waals surface area contributed by atoms with E-state index in [2.05, 4.69) is 15.9 Å².